The summed E-state index contributed by atoms with van der Waals surface area (Å²) in [5.74, 6) is 0.524. The smallest absolute Gasteiger partial charge is 0.193 e. The Balaban J connectivity index is 1.71. The van der Waals surface area contributed by atoms with E-state index in [2.05, 4.69) is 57.4 Å². The zero-order valence-corrected chi connectivity index (χ0v) is 21.0. The lowest BCUT2D eigenvalue weighted by atomic mass is 9.86. The lowest BCUT2D eigenvalue weighted by molar-refractivity contribution is 0.103. The molecule has 1 atom stereocenters. The summed E-state index contributed by atoms with van der Waals surface area (Å²) in [6.07, 6.45) is 0.967. The molecule has 0 fully saturated rings. The van der Waals surface area contributed by atoms with E-state index in [0.29, 0.717) is 22.2 Å². The molecule has 0 spiro atoms. The Morgan fingerprint density at radius 2 is 1.55 bits per heavy atom. The Morgan fingerprint density at radius 3 is 2.15 bits per heavy atom. The van der Waals surface area contributed by atoms with Gasteiger partial charge in [0.1, 0.15) is 0 Å². The van der Waals surface area contributed by atoms with Crippen LogP contribution in [0.5, 0.6) is 0 Å². The van der Waals surface area contributed by atoms with Crippen LogP contribution in [0.1, 0.15) is 74.1 Å². The Bertz CT molecular complexity index is 1080. The highest BCUT2D eigenvalue weighted by Gasteiger charge is 2.17. The van der Waals surface area contributed by atoms with Gasteiger partial charge in [0.15, 0.2) is 10.9 Å². The fourth-order valence-corrected chi connectivity index (χ4v) is 4.05. The molecule has 172 valence electrons. The molecule has 3 rings (SSSR count). The van der Waals surface area contributed by atoms with E-state index in [1.807, 2.05) is 66.7 Å². The van der Waals surface area contributed by atoms with Crippen molar-refractivity contribution in [1.82, 2.24) is 5.32 Å². The van der Waals surface area contributed by atoms with Crippen LogP contribution < -0.4 is 10.6 Å². The number of thiocarbonyl (C=S) groups is 1. The molecule has 4 heteroatoms. The van der Waals surface area contributed by atoms with Crippen molar-refractivity contribution < 1.29 is 4.79 Å². The van der Waals surface area contributed by atoms with E-state index in [9.17, 15) is 4.79 Å². The maximum atomic E-state index is 13.1. The van der Waals surface area contributed by atoms with Crippen molar-refractivity contribution in [3.63, 3.8) is 0 Å². The van der Waals surface area contributed by atoms with Crippen LogP contribution in [0.3, 0.4) is 0 Å². The monoisotopic (exact) mass is 458 g/mol. The predicted molar refractivity (Wildman–Crippen MR) is 143 cm³/mol. The second kappa shape index (κ2) is 10.8. The van der Waals surface area contributed by atoms with Crippen molar-refractivity contribution in [2.24, 2.45) is 5.92 Å². The molecule has 0 aliphatic rings. The number of nitrogens with one attached hydrogen (secondary N) is 2. The highest BCUT2D eigenvalue weighted by atomic mass is 32.1. The van der Waals surface area contributed by atoms with Crippen LogP contribution in [0.25, 0.3) is 0 Å². The van der Waals surface area contributed by atoms with E-state index >= 15 is 0 Å². The van der Waals surface area contributed by atoms with Gasteiger partial charge in [-0.05, 0) is 53.2 Å². The summed E-state index contributed by atoms with van der Waals surface area (Å²) >= 11 is 5.61. The number of anilines is 1. The number of ketones is 1. The van der Waals surface area contributed by atoms with Gasteiger partial charge in [0.05, 0.1) is 6.04 Å². The Labute approximate surface area is 203 Å². The summed E-state index contributed by atoms with van der Waals surface area (Å²) < 4.78 is 0. The SMILES string of the molecule is CC(C)CC(NC(=S)Nc1cccc(C(=O)c2ccc(C(C)(C)C)cc2)c1)c1ccccc1. The van der Waals surface area contributed by atoms with Gasteiger partial charge in [0.25, 0.3) is 0 Å². The molecule has 0 radical (unpaired) electrons. The Morgan fingerprint density at radius 1 is 0.879 bits per heavy atom. The van der Waals surface area contributed by atoms with E-state index < -0.39 is 0 Å². The second-order valence-corrected chi connectivity index (χ2v) is 10.3. The molecular weight excluding hydrogens is 424 g/mol. The number of hydrogen-bond donors (Lipinski definition) is 2. The molecule has 0 aliphatic heterocycles. The Kier molecular flexibility index (Phi) is 8.04. The van der Waals surface area contributed by atoms with Gasteiger partial charge in [-0.15, -0.1) is 0 Å². The van der Waals surface area contributed by atoms with Gasteiger partial charge >= 0.3 is 0 Å². The highest BCUT2D eigenvalue weighted by Crippen LogP contribution is 2.24. The van der Waals surface area contributed by atoms with Crippen LogP contribution in [0.15, 0.2) is 78.9 Å². The summed E-state index contributed by atoms with van der Waals surface area (Å²) in [7, 11) is 0. The standard InChI is InChI=1S/C29H34N2OS/c1-20(2)18-26(21-10-7-6-8-11-21)31-28(33)30-25-13-9-12-23(19-25)27(32)22-14-16-24(17-15-22)29(3,4)5/h6-17,19-20,26H,18H2,1-5H3,(H2,30,31,33). The summed E-state index contributed by atoms with van der Waals surface area (Å²) in [6.45, 7) is 10.9. The van der Waals surface area contributed by atoms with Crippen LogP contribution in [-0.2, 0) is 5.41 Å². The van der Waals surface area contributed by atoms with E-state index in [4.69, 9.17) is 12.2 Å². The van der Waals surface area contributed by atoms with E-state index in [1.54, 1.807) is 0 Å². The van der Waals surface area contributed by atoms with Crippen molar-refractivity contribution in [3.8, 4) is 0 Å². The van der Waals surface area contributed by atoms with Gasteiger partial charge in [0.2, 0.25) is 0 Å². The number of benzene rings is 3. The van der Waals surface area contributed by atoms with Crippen molar-refractivity contribution >= 4 is 28.8 Å². The molecule has 0 saturated carbocycles. The minimum atomic E-state index is -0.0000402. The summed E-state index contributed by atoms with van der Waals surface area (Å²) in [5.41, 5.74) is 4.58. The van der Waals surface area contributed by atoms with Gasteiger partial charge in [-0.25, -0.2) is 0 Å². The molecule has 0 saturated heterocycles. The van der Waals surface area contributed by atoms with E-state index in [0.717, 1.165) is 12.1 Å². The van der Waals surface area contributed by atoms with Gasteiger partial charge in [0, 0.05) is 16.8 Å². The molecule has 3 aromatic carbocycles. The first-order valence-electron chi connectivity index (χ1n) is 11.5. The average Bonchev–Trinajstić information content (AvgIpc) is 2.78. The normalized spacial score (nSPS) is 12.3. The molecule has 0 bridgehead atoms. The third-order valence-corrected chi connectivity index (χ3v) is 5.83. The number of carbonyl (C=O) groups is 1. The first-order chi connectivity index (χ1) is 15.6. The minimum absolute atomic E-state index is 0.0000402. The summed E-state index contributed by atoms with van der Waals surface area (Å²) in [5, 5.41) is 7.25. The second-order valence-electron chi connectivity index (χ2n) is 9.93. The van der Waals surface area contributed by atoms with Crippen LogP contribution in [0.2, 0.25) is 0 Å². The fraction of sp³-hybridized carbons (Fsp3) is 0.310. The maximum absolute atomic E-state index is 13.1. The van der Waals surface area contributed by atoms with Crippen molar-refractivity contribution in [2.75, 3.05) is 5.32 Å². The van der Waals surface area contributed by atoms with Crippen molar-refractivity contribution in [1.29, 1.82) is 0 Å². The predicted octanol–water partition coefficient (Wildman–Crippen LogP) is 7.29. The lowest BCUT2D eigenvalue weighted by Gasteiger charge is -2.23. The average molecular weight is 459 g/mol. The lowest BCUT2D eigenvalue weighted by Crippen LogP contribution is -2.33. The summed E-state index contributed by atoms with van der Waals surface area (Å²) in [6, 6.07) is 25.9. The molecule has 33 heavy (non-hydrogen) atoms. The fourth-order valence-electron chi connectivity index (χ4n) is 3.79. The van der Waals surface area contributed by atoms with Gasteiger partial charge in [-0.2, -0.15) is 0 Å². The van der Waals surface area contributed by atoms with Crippen molar-refractivity contribution in [2.45, 2.75) is 52.5 Å². The van der Waals surface area contributed by atoms with E-state index in [-0.39, 0.29) is 17.2 Å². The molecule has 3 nitrogen and oxygen atoms in total. The number of rotatable bonds is 7. The molecule has 0 aromatic heterocycles. The first kappa shape index (κ1) is 24.7. The Hall–Kier alpha value is -2.98. The number of hydrogen-bond acceptors (Lipinski definition) is 2. The molecule has 0 amide bonds. The maximum Gasteiger partial charge on any atom is 0.193 e. The van der Waals surface area contributed by atoms with Gasteiger partial charge in [-0.3, -0.25) is 4.79 Å². The zero-order valence-electron chi connectivity index (χ0n) is 20.2. The topological polar surface area (TPSA) is 41.1 Å². The third kappa shape index (κ3) is 7.00. The number of carbonyl (C=O) groups excluding carboxylic acids is 1. The van der Waals surface area contributed by atoms with Crippen LogP contribution in [-0.4, -0.2) is 10.9 Å². The largest absolute Gasteiger partial charge is 0.356 e. The zero-order chi connectivity index (χ0) is 24.0. The molecule has 3 aromatic rings. The highest BCUT2D eigenvalue weighted by molar-refractivity contribution is 7.80. The molecule has 2 N–H and O–H groups in total. The van der Waals surface area contributed by atoms with Gasteiger partial charge < -0.3 is 10.6 Å². The van der Waals surface area contributed by atoms with Gasteiger partial charge in [-0.1, -0.05) is 101 Å². The van der Waals surface area contributed by atoms with Crippen molar-refractivity contribution in [3.05, 3.63) is 101 Å². The van der Waals surface area contributed by atoms with Crippen LogP contribution in [0, 0.1) is 5.92 Å². The quantitative estimate of drug-likeness (QED) is 0.288. The molecule has 1 unspecified atom stereocenters. The minimum Gasteiger partial charge on any atom is -0.356 e. The summed E-state index contributed by atoms with van der Waals surface area (Å²) in [4.78, 5) is 13.1. The van der Waals surface area contributed by atoms with Crippen LogP contribution >= 0.6 is 12.2 Å². The molecular formula is C29H34N2OS. The molecule has 0 aliphatic carbocycles. The van der Waals surface area contributed by atoms with E-state index in [1.165, 1.54) is 11.1 Å². The molecule has 0 heterocycles. The van der Waals surface area contributed by atoms with Crippen LogP contribution in [0.4, 0.5) is 5.69 Å². The third-order valence-electron chi connectivity index (χ3n) is 5.61. The first-order valence-corrected chi connectivity index (χ1v) is 11.9.